The minimum atomic E-state index is -0.762. The first-order valence-electron chi connectivity index (χ1n) is 6.29. The van der Waals surface area contributed by atoms with Crippen molar-refractivity contribution in [3.8, 4) is 0 Å². The van der Waals surface area contributed by atoms with Crippen molar-refractivity contribution >= 4 is 12.0 Å². The number of likely N-dealkylation sites (N-methyl/N-ethyl adjacent to an activating group) is 2. The van der Waals surface area contributed by atoms with E-state index in [0.717, 1.165) is 19.4 Å². The van der Waals surface area contributed by atoms with Crippen LogP contribution < -0.4 is 5.32 Å². The van der Waals surface area contributed by atoms with E-state index >= 15 is 0 Å². The lowest BCUT2D eigenvalue weighted by Crippen LogP contribution is -2.40. The van der Waals surface area contributed by atoms with Crippen molar-refractivity contribution < 1.29 is 14.7 Å². The van der Waals surface area contributed by atoms with Crippen LogP contribution in [0.3, 0.4) is 0 Å². The predicted molar refractivity (Wildman–Crippen MR) is 70.7 cm³/mol. The van der Waals surface area contributed by atoms with Gasteiger partial charge in [-0.25, -0.2) is 4.79 Å². The van der Waals surface area contributed by atoms with Crippen LogP contribution in [0.1, 0.15) is 25.7 Å². The second-order valence-electron chi connectivity index (χ2n) is 4.66. The van der Waals surface area contributed by atoms with E-state index in [0.29, 0.717) is 19.5 Å². The second kappa shape index (κ2) is 9.70. The zero-order valence-electron chi connectivity index (χ0n) is 11.6. The van der Waals surface area contributed by atoms with Crippen LogP contribution >= 0.6 is 0 Å². The molecule has 0 aromatic rings. The Morgan fingerprint density at radius 1 is 1.06 bits per heavy atom. The number of nitrogens with zero attached hydrogens (tertiary/aromatic N) is 2. The molecule has 0 aromatic carbocycles. The van der Waals surface area contributed by atoms with Crippen LogP contribution in [-0.4, -0.2) is 67.7 Å². The quantitative estimate of drug-likeness (QED) is 0.602. The van der Waals surface area contributed by atoms with Gasteiger partial charge in [-0.2, -0.15) is 0 Å². The Bertz CT molecular complexity index is 257. The van der Waals surface area contributed by atoms with E-state index in [-0.39, 0.29) is 12.5 Å². The van der Waals surface area contributed by atoms with Crippen LogP contribution in [0, 0.1) is 0 Å². The Hall–Kier alpha value is -1.30. The molecule has 6 heteroatoms. The average molecular weight is 259 g/mol. The van der Waals surface area contributed by atoms with E-state index in [4.69, 9.17) is 5.11 Å². The third-order valence-corrected chi connectivity index (χ3v) is 2.57. The third-order valence-electron chi connectivity index (χ3n) is 2.57. The Morgan fingerprint density at radius 3 is 2.28 bits per heavy atom. The lowest BCUT2D eigenvalue weighted by molar-refractivity contribution is -0.137. The molecule has 2 N–H and O–H groups in total. The van der Waals surface area contributed by atoms with Gasteiger partial charge in [-0.3, -0.25) is 4.79 Å². The number of carboxylic acids is 1. The molecular weight excluding hydrogens is 234 g/mol. The number of aliphatic carboxylic acids is 1. The maximum Gasteiger partial charge on any atom is 0.317 e. The summed E-state index contributed by atoms with van der Waals surface area (Å²) in [5, 5.41) is 11.3. The van der Waals surface area contributed by atoms with E-state index in [1.165, 1.54) is 0 Å². The number of carbonyl (C=O) groups excluding carboxylic acids is 1. The summed E-state index contributed by atoms with van der Waals surface area (Å²) < 4.78 is 0. The summed E-state index contributed by atoms with van der Waals surface area (Å²) in [5.41, 5.74) is 0. The molecular formula is C12H25N3O3. The van der Waals surface area contributed by atoms with Crippen molar-refractivity contribution in [3.63, 3.8) is 0 Å². The fraction of sp³-hybridized carbons (Fsp3) is 0.833. The Kier molecular flexibility index (Phi) is 9.00. The summed E-state index contributed by atoms with van der Waals surface area (Å²) in [4.78, 5) is 25.5. The monoisotopic (exact) mass is 259 g/mol. The van der Waals surface area contributed by atoms with E-state index in [1.54, 1.807) is 11.9 Å². The molecule has 0 spiro atoms. The number of carbonyl (C=O) groups is 2. The smallest absolute Gasteiger partial charge is 0.317 e. The van der Waals surface area contributed by atoms with Gasteiger partial charge in [-0.15, -0.1) is 0 Å². The molecule has 0 aliphatic rings. The molecule has 0 fully saturated rings. The molecule has 2 amide bonds. The van der Waals surface area contributed by atoms with Crippen molar-refractivity contribution in [2.75, 3.05) is 40.8 Å². The molecule has 18 heavy (non-hydrogen) atoms. The van der Waals surface area contributed by atoms with Gasteiger partial charge in [0, 0.05) is 33.1 Å². The Morgan fingerprint density at radius 2 is 1.72 bits per heavy atom. The summed E-state index contributed by atoms with van der Waals surface area (Å²) in [6, 6.07) is -0.0740. The maximum atomic E-state index is 11.6. The van der Waals surface area contributed by atoms with Crippen LogP contribution in [0.2, 0.25) is 0 Å². The minimum absolute atomic E-state index is 0.0740. The number of nitrogens with one attached hydrogen (secondary N) is 1. The number of urea groups is 1. The first-order valence-corrected chi connectivity index (χ1v) is 6.29. The lowest BCUT2D eigenvalue weighted by Gasteiger charge is -2.20. The van der Waals surface area contributed by atoms with Crippen molar-refractivity contribution in [1.29, 1.82) is 0 Å². The number of amides is 2. The summed E-state index contributed by atoms with van der Waals surface area (Å²) in [6.45, 7) is 2.13. The molecule has 0 rings (SSSR count). The van der Waals surface area contributed by atoms with Gasteiger partial charge in [0.1, 0.15) is 0 Å². The molecule has 0 radical (unpaired) electrons. The minimum Gasteiger partial charge on any atom is -0.481 e. The molecule has 0 unspecified atom stereocenters. The standard InChI is InChI=1S/C12H25N3O3/c1-14(2)9-10-15(3)12(18)13-8-6-4-5-7-11(16)17/h4-10H2,1-3H3,(H,13,18)(H,16,17). The average Bonchev–Trinajstić information content (AvgIpc) is 2.29. The maximum absolute atomic E-state index is 11.6. The highest BCUT2D eigenvalue weighted by Gasteiger charge is 2.07. The van der Waals surface area contributed by atoms with E-state index < -0.39 is 5.97 Å². The Labute approximate surface area is 109 Å². The topological polar surface area (TPSA) is 72.9 Å². The number of hydrogen-bond donors (Lipinski definition) is 2. The van der Waals surface area contributed by atoms with Crippen LogP contribution in [0.15, 0.2) is 0 Å². The fourth-order valence-electron chi connectivity index (χ4n) is 1.36. The zero-order valence-corrected chi connectivity index (χ0v) is 11.6. The molecule has 0 bridgehead atoms. The first kappa shape index (κ1) is 16.7. The van der Waals surface area contributed by atoms with Crippen molar-refractivity contribution in [3.05, 3.63) is 0 Å². The highest BCUT2D eigenvalue weighted by atomic mass is 16.4. The van der Waals surface area contributed by atoms with Gasteiger partial charge in [-0.1, -0.05) is 6.42 Å². The van der Waals surface area contributed by atoms with E-state index in [1.807, 2.05) is 19.0 Å². The highest BCUT2D eigenvalue weighted by molar-refractivity contribution is 5.73. The molecule has 0 saturated carbocycles. The largest absolute Gasteiger partial charge is 0.481 e. The molecule has 0 aliphatic carbocycles. The normalized spacial score (nSPS) is 10.4. The van der Waals surface area contributed by atoms with Crippen LogP contribution in [0.25, 0.3) is 0 Å². The van der Waals surface area contributed by atoms with Crippen molar-refractivity contribution in [2.24, 2.45) is 0 Å². The van der Waals surface area contributed by atoms with Gasteiger partial charge < -0.3 is 20.2 Å². The molecule has 0 aromatic heterocycles. The lowest BCUT2D eigenvalue weighted by atomic mass is 10.2. The van der Waals surface area contributed by atoms with Gasteiger partial charge in [0.25, 0.3) is 0 Å². The third kappa shape index (κ3) is 9.89. The highest BCUT2D eigenvalue weighted by Crippen LogP contribution is 1.98. The molecule has 0 aliphatic heterocycles. The Balaban J connectivity index is 3.49. The van der Waals surface area contributed by atoms with Crippen LogP contribution in [0.4, 0.5) is 4.79 Å². The first-order chi connectivity index (χ1) is 8.43. The van der Waals surface area contributed by atoms with E-state index in [2.05, 4.69) is 5.32 Å². The van der Waals surface area contributed by atoms with Crippen LogP contribution in [0.5, 0.6) is 0 Å². The van der Waals surface area contributed by atoms with Crippen LogP contribution in [-0.2, 0) is 4.79 Å². The number of rotatable bonds is 9. The van der Waals surface area contributed by atoms with Crippen molar-refractivity contribution in [1.82, 2.24) is 15.1 Å². The summed E-state index contributed by atoms with van der Waals surface area (Å²) >= 11 is 0. The SMILES string of the molecule is CN(C)CCN(C)C(=O)NCCCCCC(=O)O. The van der Waals surface area contributed by atoms with Gasteiger partial charge in [0.05, 0.1) is 0 Å². The summed E-state index contributed by atoms with van der Waals surface area (Å²) in [6.07, 6.45) is 2.52. The van der Waals surface area contributed by atoms with Gasteiger partial charge in [0.2, 0.25) is 0 Å². The fourth-order valence-corrected chi connectivity index (χ4v) is 1.36. The van der Waals surface area contributed by atoms with E-state index in [9.17, 15) is 9.59 Å². The van der Waals surface area contributed by atoms with Gasteiger partial charge >= 0.3 is 12.0 Å². The molecule has 106 valence electrons. The molecule has 0 atom stereocenters. The zero-order chi connectivity index (χ0) is 14.0. The molecule has 6 nitrogen and oxygen atoms in total. The number of carboxylic acid groups (broad SMARTS) is 1. The van der Waals surface area contributed by atoms with Gasteiger partial charge in [-0.05, 0) is 26.9 Å². The number of unbranched alkanes of at least 4 members (excludes halogenated alkanes) is 2. The second-order valence-corrected chi connectivity index (χ2v) is 4.66. The summed E-state index contributed by atoms with van der Waals surface area (Å²) in [5.74, 6) is -0.762. The number of hydrogen-bond acceptors (Lipinski definition) is 3. The molecule has 0 heterocycles. The predicted octanol–water partition coefficient (Wildman–Crippen LogP) is 0.834. The molecule has 0 saturated heterocycles. The summed E-state index contributed by atoms with van der Waals surface area (Å²) in [7, 11) is 5.70. The van der Waals surface area contributed by atoms with Gasteiger partial charge in [0.15, 0.2) is 0 Å². The van der Waals surface area contributed by atoms with Crippen molar-refractivity contribution in [2.45, 2.75) is 25.7 Å².